The van der Waals surface area contributed by atoms with Gasteiger partial charge >= 0.3 is 11.9 Å². The Morgan fingerprint density at radius 3 is 1.61 bits per heavy atom. The number of esters is 2. The molecular weight excluding hydrogens is 292 g/mol. The molecule has 4 unspecified atom stereocenters. The number of hydrogen-bond acceptors (Lipinski definition) is 4. The third-order valence-corrected chi connectivity index (χ3v) is 4.87. The van der Waals surface area contributed by atoms with Crippen LogP contribution in [-0.2, 0) is 19.1 Å². The van der Waals surface area contributed by atoms with Gasteiger partial charge in [0.2, 0.25) is 0 Å². The van der Waals surface area contributed by atoms with Crippen LogP contribution in [0.5, 0.6) is 0 Å². The highest BCUT2D eigenvalue weighted by atomic mass is 16.6. The summed E-state index contributed by atoms with van der Waals surface area (Å²) in [6, 6.07) is 8.21. The van der Waals surface area contributed by atoms with Gasteiger partial charge in [-0.2, -0.15) is 0 Å². The fourth-order valence-corrected chi connectivity index (χ4v) is 3.63. The molecule has 0 saturated heterocycles. The summed E-state index contributed by atoms with van der Waals surface area (Å²) < 4.78 is 11.5. The molecule has 23 heavy (non-hydrogen) atoms. The maximum Gasteiger partial charge on any atom is 0.308 e. The second-order valence-electron chi connectivity index (χ2n) is 7.19. The number of rotatable bonds is 4. The summed E-state index contributed by atoms with van der Waals surface area (Å²) in [4.78, 5) is 24.2. The molecule has 4 heteroatoms. The lowest BCUT2D eigenvalue weighted by Crippen LogP contribution is -2.40. The highest BCUT2D eigenvalue weighted by Gasteiger charge is 2.55. The van der Waals surface area contributed by atoms with Gasteiger partial charge in [0.05, 0.1) is 11.8 Å². The van der Waals surface area contributed by atoms with Gasteiger partial charge in [-0.15, -0.1) is 0 Å². The first-order valence-corrected chi connectivity index (χ1v) is 8.40. The highest BCUT2D eigenvalue weighted by Crippen LogP contribution is 2.55. The SMILES string of the molecule is CC(C)C(=O)OC1C2CC(c3ccccc32)C1OC(=O)C(C)C. The Bertz CT molecular complexity index is 567. The fourth-order valence-electron chi connectivity index (χ4n) is 3.63. The Labute approximate surface area is 137 Å². The molecule has 2 aliphatic rings. The van der Waals surface area contributed by atoms with E-state index in [1.54, 1.807) is 0 Å². The van der Waals surface area contributed by atoms with Crippen molar-refractivity contribution < 1.29 is 19.1 Å². The van der Waals surface area contributed by atoms with Gasteiger partial charge in [-0.1, -0.05) is 52.0 Å². The second-order valence-corrected chi connectivity index (χ2v) is 7.19. The van der Waals surface area contributed by atoms with Crippen LogP contribution in [0.15, 0.2) is 24.3 Å². The predicted octanol–water partition coefficient (Wildman–Crippen LogP) is 3.41. The van der Waals surface area contributed by atoms with Gasteiger partial charge in [0, 0.05) is 11.8 Å². The summed E-state index contributed by atoms with van der Waals surface area (Å²) >= 11 is 0. The number of benzene rings is 1. The monoisotopic (exact) mass is 316 g/mol. The van der Waals surface area contributed by atoms with Gasteiger partial charge < -0.3 is 9.47 Å². The Hall–Kier alpha value is -1.84. The number of fused-ring (bicyclic) bond motifs is 5. The normalized spacial score (nSPS) is 28.1. The molecule has 3 rings (SSSR count). The molecule has 2 bridgehead atoms. The van der Waals surface area contributed by atoms with E-state index < -0.39 is 0 Å². The average molecular weight is 316 g/mol. The van der Waals surface area contributed by atoms with Crippen LogP contribution in [0.4, 0.5) is 0 Å². The van der Waals surface area contributed by atoms with Crippen LogP contribution in [0.2, 0.25) is 0 Å². The molecule has 1 aromatic carbocycles. The Morgan fingerprint density at radius 2 is 1.26 bits per heavy atom. The van der Waals surface area contributed by atoms with Gasteiger partial charge in [-0.25, -0.2) is 0 Å². The van der Waals surface area contributed by atoms with E-state index in [-0.39, 0.29) is 47.8 Å². The summed E-state index contributed by atoms with van der Waals surface area (Å²) in [7, 11) is 0. The van der Waals surface area contributed by atoms with E-state index >= 15 is 0 Å². The lowest BCUT2D eigenvalue weighted by molar-refractivity contribution is -0.171. The molecule has 1 aromatic rings. The first-order chi connectivity index (χ1) is 10.9. The van der Waals surface area contributed by atoms with Crippen molar-refractivity contribution in [3.05, 3.63) is 35.4 Å². The minimum Gasteiger partial charge on any atom is -0.458 e. The number of ether oxygens (including phenoxy) is 2. The largest absolute Gasteiger partial charge is 0.458 e. The summed E-state index contributed by atoms with van der Waals surface area (Å²) in [5.74, 6) is -0.583. The third kappa shape index (κ3) is 2.75. The van der Waals surface area contributed by atoms with E-state index in [1.165, 1.54) is 11.1 Å². The van der Waals surface area contributed by atoms with Crippen LogP contribution >= 0.6 is 0 Å². The topological polar surface area (TPSA) is 52.6 Å². The van der Waals surface area contributed by atoms with Gasteiger partial charge in [0.15, 0.2) is 0 Å². The van der Waals surface area contributed by atoms with Crippen LogP contribution in [0.3, 0.4) is 0 Å². The highest BCUT2D eigenvalue weighted by molar-refractivity contribution is 5.73. The van der Waals surface area contributed by atoms with Crippen LogP contribution in [0.25, 0.3) is 0 Å². The first kappa shape index (κ1) is 16.0. The molecule has 0 amide bonds. The van der Waals surface area contributed by atoms with Crippen molar-refractivity contribution in [3.8, 4) is 0 Å². The zero-order valence-corrected chi connectivity index (χ0v) is 14.1. The Morgan fingerprint density at radius 1 is 0.870 bits per heavy atom. The third-order valence-electron chi connectivity index (χ3n) is 4.87. The molecule has 1 fully saturated rings. The molecule has 0 spiro atoms. The molecule has 0 radical (unpaired) electrons. The van der Waals surface area contributed by atoms with E-state index in [4.69, 9.17) is 9.47 Å². The molecule has 2 aliphatic carbocycles. The fraction of sp³-hybridized carbons (Fsp3) is 0.579. The lowest BCUT2D eigenvalue weighted by Gasteiger charge is -2.32. The maximum atomic E-state index is 12.1. The molecule has 0 heterocycles. The minimum atomic E-state index is -0.368. The van der Waals surface area contributed by atoms with Crippen molar-refractivity contribution in [1.29, 1.82) is 0 Å². The van der Waals surface area contributed by atoms with E-state index in [9.17, 15) is 9.59 Å². The minimum absolute atomic E-state index is 0.129. The number of hydrogen-bond donors (Lipinski definition) is 0. The van der Waals surface area contributed by atoms with Crippen molar-refractivity contribution in [2.75, 3.05) is 0 Å². The van der Waals surface area contributed by atoms with Crippen molar-refractivity contribution in [3.63, 3.8) is 0 Å². The van der Waals surface area contributed by atoms with E-state index in [2.05, 4.69) is 12.1 Å². The molecule has 0 aliphatic heterocycles. The number of carbonyl (C=O) groups excluding carboxylic acids is 2. The van der Waals surface area contributed by atoms with Crippen molar-refractivity contribution in [2.24, 2.45) is 11.8 Å². The summed E-state index contributed by atoms with van der Waals surface area (Å²) in [5.41, 5.74) is 2.46. The summed E-state index contributed by atoms with van der Waals surface area (Å²) in [6.07, 6.45) is 0.144. The van der Waals surface area contributed by atoms with Gasteiger partial charge in [0.1, 0.15) is 12.2 Å². The molecular formula is C19H24O4. The lowest BCUT2D eigenvalue weighted by atomic mass is 9.87. The van der Waals surface area contributed by atoms with Crippen LogP contribution in [0.1, 0.15) is 57.1 Å². The van der Waals surface area contributed by atoms with Crippen molar-refractivity contribution in [2.45, 2.75) is 58.2 Å². The molecule has 124 valence electrons. The molecule has 0 aromatic heterocycles. The van der Waals surface area contributed by atoms with Gasteiger partial charge in [-0.05, 0) is 17.5 Å². The van der Waals surface area contributed by atoms with Crippen LogP contribution < -0.4 is 0 Å². The zero-order valence-electron chi connectivity index (χ0n) is 14.1. The van der Waals surface area contributed by atoms with E-state index in [0.717, 1.165) is 6.42 Å². The summed E-state index contributed by atoms with van der Waals surface area (Å²) in [6.45, 7) is 7.27. The molecule has 0 N–H and O–H groups in total. The molecule has 1 saturated carbocycles. The zero-order chi connectivity index (χ0) is 16.7. The summed E-state index contributed by atoms with van der Waals surface area (Å²) in [5, 5.41) is 0. The van der Waals surface area contributed by atoms with Crippen molar-refractivity contribution in [1.82, 2.24) is 0 Å². The number of carbonyl (C=O) groups is 2. The van der Waals surface area contributed by atoms with Crippen molar-refractivity contribution >= 4 is 11.9 Å². The average Bonchev–Trinajstić information content (AvgIpc) is 3.04. The Balaban J connectivity index is 1.89. The first-order valence-electron chi connectivity index (χ1n) is 8.40. The smallest absolute Gasteiger partial charge is 0.308 e. The van der Waals surface area contributed by atoms with E-state index in [0.29, 0.717) is 0 Å². The molecule has 4 atom stereocenters. The predicted molar refractivity (Wildman–Crippen MR) is 86.0 cm³/mol. The molecule has 4 nitrogen and oxygen atoms in total. The van der Waals surface area contributed by atoms with Gasteiger partial charge in [0.25, 0.3) is 0 Å². The van der Waals surface area contributed by atoms with Crippen LogP contribution in [-0.4, -0.2) is 24.1 Å². The Kier molecular flexibility index (Phi) is 4.17. The standard InChI is InChI=1S/C19H24O4/c1-10(2)18(20)22-16-14-9-15(13-8-6-5-7-12(13)14)17(16)23-19(21)11(3)4/h5-8,10-11,14-17H,9H2,1-4H3. The van der Waals surface area contributed by atoms with E-state index in [1.807, 2.05) is 39.8 Å². The quantitative estimate of drug-likeness (QED) is 0.799. The van der Waals surface area contributed by atoms with Crippen LogP contribution in [0, 0.1) is 11.8 Å². The van der Waals surface area contributed by atoms with Gasteiger partial charge in [-0.3, -0.25) is 9.59 Å². The maximum absolute atomic E-state index is 12.1. The second kappa shape index (κ2) is 5.99.